The summed E-state index contributed by atoms with van der Waals surface area (Å²) >= 11 is 0. The third-order valence-corrected chi connectivity index (χ3v) is 4.90. The van der Waals surface area contributed by atoms with Gasteiger partial charge in [0.2, 0.25) is 0 Å². The van der Waals surface area contributed by atoms with Crippen molar-refractivity contribution in [2.75, 3.05) is 36.4 Å². The van der Waals surface area contributed by atoms with Crippen molar-refractivity contribution in [1.82, 2.24) is 4.90 Å². The molecule has 0 saturated carbocycles. The number of benzene rings is 2. The topological polar surface area (TPSA) is 48.7 Å². The molecule has 0 unspecified atom stereocenters. The van der Waals surface area contributed by atoms with Gasteiger partial charge in [-0.2, -0.15) is 0 Å². The van der Waals surface area contributed by atoms with Crippen molar-refractivity contribution in [3.05, 3.63) is 84.3 Å². The Hall–Kier alpha value is -3.21. The van der Waals surface area contributed by atoms with Gasteiger partial charge in [-0.3, -0.25) is 4.79 Å². The van der Waals surface area contributed by atoms with Crippen molar-refractivity contribution in [3.63, 3.8) is 0 Å². The molecule has 4 rings (SSSR count). The summed E-state index contributed by atoms with van der Waals surface area (Å²) in [6, 6.07) is 20.0. The Balaban J connectivity index is 1.32. The quantitative estimate of drug-likeness (QED) is 0.750. The molecular weight excluding hydrogens is 338 g/mol. The van der Waals surface area contributed by atoms with E-state index in [1.54, 1.807) is 12.5 Å². The zero-order valence-electron chi connectivity index (χ0n) is 15.2. The van der Waals surface area contributed by atoms with Gasteiger partial charge in [-0.05, 0) is 42.5 Å². The van der Waals surface area contributed by atoms with Crippen molar-refractivity contribution >= 4 is 17.3 Å². The number of piperazine rings is 1. The van der Waals surface area contributed by atoms with Crippen molar-refractivity contribution in [2.24, 2.45) is 0 Å². The highest BCUT2D eigenvalue weighted by Gasteiger charge is 2.22. The summed E-state index contributed by atoms with van der Waals surface area (Å²) in [7, 11) is 0. The highest BCUT2D eigenvalue weighted by molar-refractivity contribution is 5.94. The number of carbonyl (C=O) groups is 1. The van der Waals surface area contributed by atoms with E-state index in [-0.39, 0.29) is 5.91 Å². The number of hydrogen-bond acceptors (Lipinski definition) is 4. The Kier molecular flexibility index (Phi) is 5.10. The third kappa shape index (κ3) is 4.14. The second-order valence-electron chi connectivity index (χ2n) is 6.68. The van der Waals surface area contributed by atoms with Gasteiger partial charge in [-0.1, -0.05) is 18.2 Å². The maximum absolute atomic E-state index is 12.8. The first-order valence-corrected chi connectivity index (χ1v) is 9.24. The Labute approximate surface area is 159 Å². The molecule has 5 nitrogen and oxygen atoms in total. The van der Waals surface area contributed by atoms with Crippen molar-refractivity contribution in [1.29, 1.82) is 0 Å². The van der Waals surface area contributed by atoms with Crippen LogP contribution in [0, 0.1) is 0 Å². The molecule has 1 aliphatic heterocycles. The molecule has 1 amide bonds. The molecule has 2 aromatic carbocycles. The van der Waals surface area contributed by atoms with Crippen LogP contribution in [0.25, 0.3) is 0 Å². The van der Waals surface area contributed by atoms with E-state index in [1.165, 1.54) is 5.69 Å². The van der Waals surface area contributed by atoms with Gasteiger partial charge in [0, 0.05) is 55.2 Å². The SMILES string of the molecule is O=C(c1ccc(NCc2ccoc2)cc1)N1CCN(c2ccccc2)CC1. The van der Waals surface area contributed by atoms with Crippen molar-refractivity contribution < 1.29 is 9.21 Å². The molecule has 138 valence electrons. The van der Waals surface area contributed by atoms with Crippen LogP contribution in [-0.2, 0) is 6.54 Å². The minimum absolute atomic E-state index is 0.101. The number of hydrogen-bond donors (Lipinski definition) is 1. The maximum atomic E-state index is 12.8. The van der Waals surface area contributed by atoms with Gasteiger partial charge in [-0.15, -0.1) is 0 Å². The molecule has 27 heavy (non-hydrogen) atoms. The number of amides is 1. The molecule has 0 spiro atoms. The summed E-state index contributed by atoms with van der Waals surface area (Å²) in [6.45, 7) is 3.91. The predicted octanol–water partition coefficient (Wildman–Crippen LogP) is 3.85. The molecular formula is C22H23N3O2. The first-order chi connectivity index (χ1) is 13.3. The van der Waals surface area contributed by atoms with Gasteiger partial charge in [0.15, 0.2) is 0 Å². The Morgan fingerprint density at radius 2 is 1.67 bits per heavy atom. The van der Waals surface area contributed by atoms with Crippen LogP contribution in [-0.4, -0.2) is 37.0 Å². The standard InChI is InChI=1S/C22H23N3O2/c26-22(25-13-11-24(12-14-25)21-4-2-1-3-5-21)19-6-8-20(9-7-19)23-16-18-10-15-27-17-18/h1-10,15,17,23H,11-14,16H2. The Bertz CT molecular complexity index is 852. The molecule has 5 heteroatoms. The number of rotatable bonds is 5. The summed E-state index contributed by atoms with van der Waals surface area (Å²) in [5.41, 5.74) is 4.03. The normalized spacial score (nSPS) is 14.2. The van der Waals surface area contributed by atoms with Gasteiger partial charge in [0.1, 0.15) is 0 Å². The van der Waals surface area contributed by atoms with Gasteiger partial charge in [0.25, 0.3) is 5.91 Å². The first kappa shape index (κ1) is 17.2. The van der Waals surface area contributed by atoms with Crippen molar-refractivity contribution in [2.45, 2.75) is 6.54 Å². The molecule has 0 bridgehead atoms. The highest BCUT2D eigenvalue weighted by Crippen LogP contribution is 2.18. The summed E-state index contributed by atoms with van der Waals surface area (Å²) in [5.74, 6) is 0.101. The van der Waals surface area contributed by atoms with E-state index < -0.39 is 0 Å². The van der Waals surface area contributed by atoms with E-state index in [4.69, 9.17) is 4.42 Å². The maximum Gasteiger partial charge on any atom is 0.253 e. The van der Waals surface area contributed by atoms with E-state index in [9.17, 15) is 4.79 Å². The summed E-state index contributed by atoms with van der Waals surface area (Å²) in [6.07, 6.45) is 3.39. The molecule has 1 aromatic heterocycles. The molecule has 0 radical (unpaired) electrons. The monoisotopic (exact) mass is 361 g/mol. The predicted molar refractivity (Wildman–Crippen MR) is 107 cm³/mol. The highest BCUT2D eigenvalue weighted by atomic mass is 16.3. The molecule has 3 aromatic rings. The minimum atomic E-state index is 0.101. The number of para-hydroxylation sites is 1. The van der Waals surface area contributed by atoms with Crippen LogP contribution >= 0.6 is 0 Å². The fourth-order valence-corrected chi connectivity index (χ4v) is 3.32. The number of nitrogens with zero attached hydrogens (tertiary/aromatic N) is 2. The lowest BCUT2D eigenvalue weighted by Gasteiger charge is -2.36. The van der Waals surface area contributed by atoms with Gasteiger partial charge in [-0.25, -0.2) is 0 Å². The van der Waals surface area contributed by atoms with E-state index in [0.717, 1.165) is 43.0 Å². The van der Waals surface area contributed by atoms with Gasteiger partial charge in [0.05, 0.1) is 12.5 Å². The van der Waals surface area contributed by atoms with Crippen LogP contribution in [0.5, 0.6) is 0 Å². The zero-order valence-corrected chi connectivity index (χ0v) is 15.2. The molecule has 1 N–H and O–H groups in total. The third-order valence-electron chi connectivity index (χ3n) is 4.90. The largest absolute Gasteiger partial charge is 0.472 e. The molecule has 0 atom stereocenters. The van der Waals surface area contributed by atoms with Gasteiger partial charge < -0.3 is 19.5 Å². The number of anilines is 2. The lowest BCUT2D eigenvalue weighted by atomic mass is 10.1. The minimum Gasteiger partial charge on any atom is -0.472 e. The first-order valence-electron chi connectivity index (χ1n) is 9.24. The van der Waals surface area contributed by atoms with Crippen LogP contribution in [0.3, 0.4) is 0 Å². The van der Waals surface area contributed by atoms with Crippen LogP contribution in [0.2, 0.25) is 0 Å². The smallest absolute Gasteiger partial charge is 0.253 e. The Morgan fingerprint density at radius 1 is 0.926 bits per heavy atom. The van der Waals surface area contributed by atoms with Crippen molar-refractivity contribution in [3.8, 4) is 0 Å². The van der Waals surface area contributed by atoms with E-state index in [1.807, 2.05) is 41.3 Å². The fraction of sp³-hybridized carbons (Fsp3) is 0.227. The van der Waals surface area contributed by atoms with Crippen LogP contribution in [0.4, 0.5) is 11.4 Å². The van der Waals surface area contributed by atoms with E-state index in [2.05, 4.69) is 34.5 Å². The molecule has 1 fully saturated rings. The average Bonchev–Trinajstić information content (AvgIpc) is 3.27. The lowest BCUT2D eigenvalue weighted by Crippen LogP contribution is -2.48. The van der Waals surface area contributed by atoms with E-state index >= 15 is 0 Å². The fourth-order valence-electron chi connectivity index (χ4n) is 3.32. The number of nitrogens with one attached hydrogen (secondary N) is 1. The number of carbonyl (C=O) groups excluding carboxylic acids is 1. The molecule has 1 saturated heterocycles. The van der Waals surface area contributed by atoms with Gasteiger partial charge >= 0.3 is 0 Å². The van der Waals surface area contributed by atoms with Crippen LogP contribution in [0.1, 0.15) is 15.9 Å². The lowest BCUT2D eigenvalue weighted by molar-refractivity contribution is 0.0747. The van der Waals surface area contributed by atoms with Crippen LogP contribution < -0.4 is 10.2 Å². The second kappa shape index (κ2) is 7.99. The zero-order chi connectivity index (χ0) is 18.5. The summed E-state index contributed by atoms with van der Waals surface area (Å²) < 4.78 is 5.06. The molecule has 1 aliphatic rings. The number of furan rings is 1. The van der Waals surface area contributed by atoms with Crippen LogP contribution in [0.15, 0.2) is 77.6 Å². The summed E-state index contributed by atoms with van der Waals surface area (Å²) in [4.78, 5) is 17.0. The molecule has 2 heterocycles. The van der Waals surface area contributed by atoms with E-state index in [0.29, 0.717) is 6.54 Å². The average molecular weight is 361 g/mol. The summed E-state index contributed by atoms with van der Waals surface area (Å²) in [5, 5.41) is 3.33. The Morgan fingerprint density at radius 3 is 2.33 bits per heavy atom. The second-order valence-corrected chi connectivity index (χ2v) is 6.68. The molecule has 0 aliphatic carbocycles.